The number of carbonyl (C=O) groups excluding carboxylic acids is 1. The molecule has 2 heterocycles. The van der Waals surface area contributed by atoms with Crippen LogP contribution in [0.15, 0.2) is 10.9 Å². The molecule has 1 aliphatic rings. The number of nitrogens with zero attached hydrogens (tertiary/aromatic N) is 2. The van der Waals surface area contributed by atoms with Gasteiger partial charge in [0, 0.05) is 25.8 Å². The van der Waals surface area contributed by atoms with Gasteiger partial charge in [0.25, 0.3) is 11.5 Å². The summed E-state index contributed by atoms with van der Waals surface area (Å²) in [7, 11) is 3.88. The summed E-state index contributed by atoms with van der Waals surface area (Å²) >= 11 is 0. The van der Waals surface area contributed by atoms with Crippen molar-refractivity contribution in [3.63, 3.8) is 0 Å². The first-order valence-electron chi connectivity index (χ1n) is 8.60. The Hall–Kier alpha value is -1.62. The number of pyridine rings is 1. The van der Waals surface area contributed by atoms with Crippen LogP contribution in [0.4, 0.5) is 0 Å². The predicted octanol–water partition coefficient (Wildman–Crippen LogP) is 1.72. The lowest BCUT2D eigenvalue weighted by Crippen LogP contribution is -2.36. The zero-order valence-electron chi connectivity index (χ0n) is 14.8. The minimum atomic E-state index is -0.250. The Bertz CT molecular complexity index is 621. The molecule has 1 aromatic heterocycles. The van der Waals surface area contributed by atoms with Crippen LogP contribution < -0.4 is 10.9 Å². The van der Waals surface area contributed by atoms with Gasteiger partial charge in [-0.2, -0.15) is 0 Å². The number of aryl methyl sites for hydroxylation is 1. The Morgan fingerprint density at radius 1 is 1.39 bits per heavy atom. The minimum Gasteiger partial charge on any atom is -0.352 e. The van der Waals surface area contributed by atoms with Crippen LogP contribution in [0, 0.1) is 12.8 Å². The Morgan fingerprint density at radius 3 is 2.78 bits per heavy atom. The zero-order chi connectivity index (χ0) is 17.0. The smallest absolute Gasteiger partial charge is 0.263 e. The first-order valence-corrected chi connectivity index (χ1v) is 8.60. The van der Waals surface area contributed by atoms with Crippen molar-refractivity contribution in [3.8, 4) is 0 Å². The number of carbonyl (C=O) groups is 1. The minimum absolute atomic E-state index is 0.206. The molecule has 5 nitrogen and oxygen atoms in total. The lowest BCUT2D eigenvalue weighted by molar-refractivity contribution is 0.0946. The lowest BCUT2D eigenvalue weighted by Gasteiger charge is -2.29. The summed E-state index contributed by atoms with van der Waals surface area (Å²) in [5.74, 6) is 0.390. The first kappa shape index (κ1) is 17.7. The normalized spacial score (nSPS) is 18.9. The van der Waals surface area contributed by atoms with Crippen LogP contribution in [-0.2, 0) is 13.5 Å². The predicted molar refractivity (Wildman–Crippen MR) is 93.0 cm³/mol. The van der Waals surface area contributed by atoms with Crippen LogP contribution >= 0.6 is 0 Å². The quantitative estimate of drug-likeness (QED) is 0.899. The van der Waals surface area contributed by atoms with Crippen molar-refractivity contribution in [2.24, 2.45) is 13.0 Å². The van der Waals surface area contributed by atoms with Crippen LogP contribution in [0.5, 0.6) is 0 Å². The fourth-order valence-electron chi connectivity index (χ4n) is 3.60. The standard InChI is InChI=1S/C18H29N3O2/c1-5-16-13(2)11-15(18(23)21(16)4)17(22)19-9-8-14-7-6-10-20(3)12-14/h11,14H,5-10,12H2,1-4H3,(H,19,22)/t14-/m1/s1. The average Bonchev–Trinajstić information content (AvgIpc) is 2.51. The van der Waals surface area contributed by atoms with Crippen molar-refractivity contribution < 1.29 is 4.79 Å². The molecule has 1 saturated heterocycles. The highest BCUT2D eigenvalue weighted by Gasteiger charge is 2.18. The molecule has 0 aliphatic carbocycles. The van der Waals surface area contributed by atoms with Crippen molar-refractivity contribution >= 4 is 5.91 Å². The van der Waals surface area contributed by atoms with E-state index in [1.54, 1.807) is 17.7 Å². The third kappa shape index (κ3) is 4.22. The van der Waals surface area contributed by atoms with Gasteiger partial charge < -0.3 is 14.8 Å². The molecule has 0 bridgehead atoms. The molecule has 1 aromatic rings. The monoisotopic (exact) mass is 319 g/mol. The van der Waals surface area contributed by atoms with Gasteiger partial charge in [-0.3, -0.25) is 9.59 Å². The van der Waals surface area contributed by atoms with E-state index in [4.69, 9.17) is 0 Å². The largest absolute Gasteiger partial charge is 0.352 e. The Morgan fingerprint density at radius 2 is 2.13 bits per heavy atom. The molecule has 128 valence electrons. The molecular weight excluding hydrogens is 290 g/mol. The fraction of sp³-hybridized carbons (Fsp3) is 0.667. The molecule has 0 spiro atoms. The number of amides is 1. The maximum absolute atomic E-state index is 12.3. The number of aromatic nitrogens is 1. The van der Waals surface area contributed by atoms with Gasteiger partial charge in [0.1, 0.15) is 5.56 Å². The van der Waals surface area contributed by atoms with E-state index in [0.717, 1.165) is 30.6 Å². The number of hydrogen-bond acceptors (Lipinski definition) is 3. The van der Waals surface area contributed by atoms with Gasteiger partial charge in [0.05, 0.1) is 0 Å². The summed E-state index contributed by atoms with van der Waals surface area (Å²) < 4.78 is 1.60. The van der Waals surface area contributed by atoms with Crippen molar-refractivity contribution in [1.29, 1.82) is 0 Å². The van der Waals surface area contributed by atoms with E-state index in [-0.39, 0.29) is 17.0 Å². The van der Waals surface area contributed by atoms with Crippen LogP contribution in [0.3, 0.4) is 0 Å². The van der Waals surface area contributed by atoms with Crippen LogP contribution in [0.2, 0.25) is 0 Å². The van der Waals surface area contributed by atoms with E-state index in [2.05, 4.69) is 17.3 Å². The van der Waals surface area contributed by atoms with Gasteiger partial charge in [-0.1, -0.05) is 6.92 Å². The number of nitrogens with one attached hydrogen (secondary N) is 1. The van der Waals surface area contributed by atoms with Gasteiger partial charge in [0.2, 0.25) is 0 Å². The summed E-state index contributed by atoms with van der Waals surface area (Å²) in [5, 5.41) is 2.92. The SMILES string of the molecule is CCc1c(C)cc(C(=O)NCC[C@H]2CCCN(C)C2)c(=O)n1C. The molecule has 1 N–H and O–H groups in total. The number of hydrogen-bond donors (Lipinski definition) is 1. The summed E-state index contributed by atoms with van der Waals surface area (Å²) in [4.78, 5) is 27.0. The van der Waals surface area contributed by atoms with E-state index in [9.17, 15) is 9.59 Å². The Kier molecular flexibility index (Phi) is 5.99. The number of likely N-dealkylation sites (tertiary alicyclic amines) is 1. The first-order chi connectivity index (χ1) is 10.9. The van der Waals surface area contributed by atoms with Crippen LogP contribution in [-0.4, -0.2) is 42.1 Å². The third-order valence-electron chi connectivity index (χ3n) is 4.90. The lowest BCUT2D eigenvalue weighted by atomic mass is 9.95. The van der Waals surface area contributed by atoms with Gasteiger partial charge in [-0.05, 0) is 63.7 Å². The molecule has 1 atom stereocenters. The van der Waals surface area contributed by atoms with E-state index < -0.39 is 0 Å². The molecule has 0 saturated carbocycles. The van der Waals surface area contributed by atoms with Crippen molar-refractivity contribution in [3.05, 3.63) is 33.2 Å². The Balaban J connectivity index is 1.97. The van der Waals surface area contributed by atoms with Gasteiger partial charge in [0.15, 0.2) is 0 Å². The summed E-state index contributed by atoms with van der Waals surface area (Å²) in [6, 6.07) is 1.73. The fourth-order valence-corrected chi connectivity index (χ4v) is 3.60. The topological polar surface area (TPSA) is 54.3 Å². The van der Waals surface area contributed by atoms with Gasteiger partial charge >= 0.3 is 0 Å². The van der Waals surface area contributed by atoms with Gasteiger partial charge in [-0.25, -0.2) is 0 Å². The molecule has 0 radical (unpaired) electrons. The maximum atomic E-state index is 12.3. The molecule has 1 aliphatic heterocycles. The highest BCUT2D eigenvalue weighted by atomic mass is 16.2. The maximum Gasteiger partial charge on any atom is 0.263 e. The second kappa shape index (κ2) is 7.77. The Labute approximate surface area is 138 Å². The molecule has 0 unspecified atom stereocenters. The second-order valence-electron chi connectivity index (χ2n) is 6.72. The van der Waals surface area contributed by atoms with Gasteiger partial charge in [-0.15, -0.1) is 0 Å². The van der Waals surface area contributed by atoms with Crippen LogP contribution in [0.25, 0.3) is 0 Å². The molecule has 2 rings (SSSR count). The number of piperidine rings is 1. The number of rotatable bonds is 5. The molecule has 23 heavy (non-hydrogen) atoms. The summed E-state index contributed by atoms with van der Waals surface area (Å²) in [6.07, 6.45) is 4.22. The summed E-state index contributed by atoms with van der Waals surface area (Å²) in [6.45, 7) is 6.87. The van der Waals surface area contributed by atoms with E-state index in [1.807, 2.05) is 13.8 Å². The highest BCUT2D eigenvalue weighted by Crippen LogP contribution is 2.17. The average molecular weight is 319 g/mol. The molecule has 5 heteroatoms. The molecule has 1 amide bonds. The summed E-state index contributed by atoms with van der Waals surface area (Å²) in [5.41, 5.74) is 2.02. The van der Waals surface area contributed by atoms with E-state index in [1.165, 1.54) is 19.4 Å². The van der Waals surface area contributed by atoms with Crippen LogP contribution in [0.1, 0.15) is 47.8 Å². The second-order valence-corrected chi connectivity index (χ2v) is 6.72. The zero-order valence-corrected chi connectivity index (χ0v) is 14.8. The van der Waals surface area contributed by atoms with Crippen molar-refractivity contribution in [1.82, 2.24) is 14.8 Å². The molecule has 1 fully saturated rings. The van der Waals surface area contributed by atoms with E-state index >= 15 is 0 Å². The highest BCUT2D eigenvalue weighted by molar-refractivity contribution is 5.94. The third-order valence-corrected chi connectivity index (χ3v) is 4.90. The molecular formula is C18H29N3O2. The van der Waals surface area contributed by atoms with Crippen molar-refractivity contribution in [2.45, 2.75) is 39.5 Å². The molecule has 0 aromatic carbocycles. The van der Waals surface area contributed by atoms with E-state index in [0.29, 0.717) is 12.5 Å². The van der Waals surface area contributed by atoms with Crippen molar-refractivity contribution in [2.75, 3.05) is 26.7 Å².